The predicted molar refractivity (Wildman–Crippen MR) is 305 cm³/mol. The smallest absolute Gasteiger partial charge is 0.414 e. The molecule has 4 aromatic rings. The van der Waals surface area contributed by atoms with Crippen molar-refractivity contribution in [1.29, 1.82) is 0 Å². The summed E-state index contributed by atoms with van der Waals surface area (Å²) in [5, 5.41) is 31.4. The second-order valence-corrected chi connectivity index (χ2v) is 21.0. The molecule has 8 rings (SSSR count). The summed E-state index contributed by atoms with van der Waals surface area (Å²) in [6, 6.07) is 16.7. The standard InChI is InChI=1S/C60H73N7O17/c1-7-24-80-59(74)64-52(35(2)3)54(70)61-36(4)53(69)62-40-20-18-37(19-21-40)32-83-58(73)63-44-29-49(47(77-5)27-42(44)55(71)65-22-11-15-41(65)31-68)81-33-38-13-10-14-39(26-38)34-82-50-30-46-43(28-48(50)78-6)56(72)66-23-12-16-45(66)57(67(46)60(75)76)84-51-17-8-9-25-79-51/h7,10,13-14,18-21,26-30,35-36,41,45,51-52,57,68H,1,8-9,11-12,15-17,22-25,31-34H2,2-6H3,(H,61,70)(H,62,69)(H,63,73)(H,64,74)(H,75,76)/t36?,41-,45-,51?,52?,57-/m0/s1. The van der Waals surface area contributed by atoms with Crippen LogP contribution in [-0.2, 0) is 48.4 Å². The number of rotatable bonds is 23. The van der Waals surface area contributed by atoms with Gasteiger partial charge in [-0.1, -0.05) is 56.8 Å². The van der Waals surface area contributed by atoms with Crippen molar-refractivity contribution in [2.24, 2.45) is 5.92 Å². The number of hydrogen-bond donors (Lipinski definition) is 6. The fourth-order valence-electron chi connectivity index (χ4n) is 10.5. The Hall–Kier alpha value is -8.61. The van der Waals surface area contributed by atoms with E-state index in [1.807, 2.05) is 18.2 Å². The van der Waals surface area contributed by atoms with Gasteiger partial charge in [0.2, 0.25) is 11.8 Å². The number of carbonyl (C=O) groups excluding carboxylic acids is 6. The van der Waals surface area contributed by atoms with Crippen LogP contribution in [-0.4, -0.2) is 146 Å². The van der Waals surface area contributed by atoms with Crippen molar-refractivity contribution in [3.05, 3.63) is 113 Å². The van der Waals surface area contributed by atoms with Crippen molar-refractivity contribution >= 4 is 59.0 Å². The van der Waals surface area contributed by atoms with Gasteiger partial charge in [0.1, 0.15) is 38.5 Å². The van der Waals surface area contributed by atoms with Gasteiger partial charge < -0.3 is 73.9 Å². The number of likely N-dealkylation sites (tertiary alicyclic amines) is 1. The molecule has 0 aliphatic carbocycles. The number of nitrogens with zero attached hydrogens (tertiary/aromatic N) is 3. The number of methoxy groups -OCH3 is 2. The normalized spacial score (nSPS) is 18.9. The molecule has 0 bridgehead atoms. The zero-order chi connectivity index (χ0) is 60.0. The van der Waals surface area contributed by atoms with Crippen LogP contribution in [0.5, 0.6) is 23.0 Å². The van der Waals surface area contributed by atoms with Crippen LogP contribution in [0.25, 0.3) is 0 Å². The average molecular weight is 1160 g/mol. The van der Waals surface area contributed by atoms with Crippen LogP contribution < -0.4 is 45.1 Å². The molecular weight excluding hydrogens is 1090 g/mol. The lowest BCUT2D eigenvalue weighted by Crippen LogP contribution is -2.53. The Morgan fingerprint density at radius 2 is 1.45 bits per heavy atom. The summed E-state index contributed by atoms with van der Waals surface area (Å²) in [6.45, 7) is 9.25. The van der Waals surface area contributed by atoms with Crippen molar-refractivity contribution in [2.75, 3.05) is 62.7 Å². The zero-order valence-corrected chi connectivity index (χ0v) is 47.7. The quantitative estimate of drug-likeness (QED) is 0.0391. The SMILES string of the molecule is C=CCOC(=O)NC(C(=O)NC(C)C(=O)Nc1ccc(COC(=O)Nc2cc(OCc3cccc(COc4cc5c(cc4OC)C(=O)N4CCC[C@H]4[C@H](OC4CCCCO4)N5C(=O)O)c3)c(OC)cc2C(=O)N2CCC[C@H]2CO)cc1)C(C)C. The summed E-state index contributed by atoms with van der Waals surface area (Å²) in [6.07, 6.45) is 1.57. The molecule has 6 atom stereocenters. The maximum absolute atomic E-state index is 14.2. The van der Waals surface area contributed by atoms with E-state index in [0.717, 1.165) is 17.7 Å². The first-order valence-electron chi connectivity index (χ1n) is 28.0. The fourth-order valence-corrected chi connectivity index (χ4v) is 10.5. The van der Waals surface area contributed by atoms with Crippen LogP contribution in [0.2, 0.25) is 0 Å². The van der Waals surface area contributed by atoms with Gasteiger partial charge in [-0.25, -0.2) is 19.3 Å². The number of ether oxygens (including phenoxy) is 8. The first kappa shape index (κ1) is 61.5. The van der Waals surface area contributed by atoms with E-state index in [0.29, 0.717) is 74.2 Å². The van der Waals surface area contributed by atoms with E-state index >= 15 is 0 Å². The highest BCUT2D eigenvalue weighted by atomic mass is 16.7. The maximum atomic E-state index is 14.2. The molecule has 0 radical (unpaired) electrons. The molecule has 4 aliphatic heterocycles. The van der Waals surface area contributed by atoms with E-state index in [2.05, 4.69) is 27.8 Å². The zero-order valence-electron chi connectivity index (χ0n) is 47.7. The highest BCUT2D eigenvalue weighted by Gasteiger charge is 2.47. The number of nitrogens with one attached hydrogen (secondary N) is 4. The van der Waals surface area contributed by atoms with Gasteiger partial charge in [-0.3, -0.25) is 24.5 Å². The third-order valence-corrected chi connectivity index (χ3v) is 14.8. The number of benzene rings is 4. The summed E-state index contributed by atoms with van der Waals surface area (Å²) in [5.41, 5.74) is 2.68. The second-order valence-electron chi connectivity index (χ2n) is 21.0. The lowest BCUT2D eigenvalue weighted by Gasteiger charge is -2.37. The number of fused-ring (bicyclic) bond motifs is 2. The number of anilines is 3. The van der Waals surface area contributed by atoms with Gasteiger partial charge in [0.25, 0.3) is 11.8 Å². The number of alkyl carbamates (subject to hydrolysis) is 1. The minimum Gasteiger partial charge on any atom is -0.493 e. The maximum Gasteiger partial charge on any atom is 0.414 e. The van der Waals surface area contributed by atoms with Crippen molar-refractivity contribution < 1.29 is 81.7 Å². The topological polar surface area (TPSA) is 292 Å². The van der Waals surface area contributed by atoms with Gasteiger partial charge in [0, 0.05) is 37.5 Å². The van der Waals surface area contributed by atoms with Crippen LogP contribution in [0.15, 0.2) is 85.5 Å². The Balaban J connectivity index is 0.931. The molecule has 24 heteroatoms. The third-order valence-electron chi connectivity index (χ3n) is 14.8. The third kappa shape index (κ3) is 14.9. The first-order valence-corrected chi connectivity index (χ1v) is 28.0. The molecule has 24 nitrogen and oxygen atoms in total. The number of aliphatic hydroxyl groups is 1. The molecule has 3 fully saturated rings. The number of carboxylic acid groups (broad SMARTS) is 1. The minimum absolute atomic E-state index is 0.00549. The Morgan fingerprint density at radius 1 is 0.750 bits per heavy atom. The van der Waals surface area contributed by atoms with Crippen LogP contribution in [0.3, 0.4) is 0 Å². The Bertz CT molecular complexity index is 3040. The Labute approximate surface area is 486 Å². The van der Waals surface area contributed by atoms with E-state index < -0.39 is 72.7 Å². The molecule has 4 heterocycles. The summed E-state index contributed by atoms with van der Waals surface area (Å²) < 4.78 is 46.9. The van der Waals surface area contributed by atoms with Gasteiger partial charge >= 0.3 is 18.3 Å². The fraction of sp³-hybridized carbons (Fsp3) is 0.450. The Morgan fingerprint density at radius 3 is 2.11 bits per heavy atom. The molecule has 0 spiro atoms. The monoisotopic (exact) mass is 1160 g/mol. The van der Waals surface area contributed by atoms with Crippen LogP contribution in [0.1, 0.15) is 103 Å². The number of aliphatic hydroxyl groups excluding tert-OH is 1. The molecule has 3 unspecified atom stereocenters. The van der Waals surface area contributed by atoms with Crippen LogP contribution in [0.4, 0.5) is 31.4 Å². The van der Waals surface area contributed by atoms with Gasteiger partial charge in [0.05, 0.1) is 55.4 Å². The predicted octanol–water partition coefficient (Wildman–Crippen LogP) is 7.56. The molecule has 4 aliphatic rings. The molecule has 0 saturated carbocycles. The van der Waals surface area contributed by atoms with Crippen molar-refractivity contribution in [3.63, 3.8) is 0 Å². The number of amides is 7. The van der Waals surface area contributed by atoms with Gasteiger partial charge in [-0.2, -0.15) is 0 Å². The van der Waals surface area contributed by atoms with Crippen molar-refractivity contribution in [1.82, 2.24) is 20.4 Å². The summed E-state index contributed by atoms with van der Waals surface area (Å²) in [7, 11) is 2.85. The molecule has 84 heavy (non-hydrogen) atoms. The molecule has 6 N–H and O–H groups in total. The molecule has 450 valence electrons. The average Bonchev–Trinajstić information content (AvgIpc) is 3.81. The second kappa shape index (κ2) is 28.6. The van der Waals surface area contributed by atoms with E-state index in [-0.39, 0.29) is 90.4 Å². The van der Waals surface area contributed by atoms with Gasteiger partial charge in [0.15, 0.2) is 35.5 Å². The van der Waals surface area contributed by atoms with E-state index in [9.17, 15) is 43.8 Å². The summed E-state index contributed by atoms with van der Waals surface area (Å²) >= 11 is 0. The van der Waals surface area contributed by atoms with Crippen LogP contribution in [0, 0.1) is 5.92 Å². The first-order chi connectivity index (χ1) is 40.5. The number of hydrogen-bond acceptors (Lipinski definition) is 16. The van der Waals surface area contributed by atoms with Crippen molar-refractivity contribution in [2.45, 2.75) is 122 Å². The van der Waals surface area contributed by atoms with Crippen molar-refractivity contribution in [3.8, 4) is 23.0 Å². The largest absolute Gasteiger partial charge is 0.493 e. The van der Waals surface area contributed by atoms with E-state index in [4.69, 9.17) is 37.9 Å². The molecular formula is C60H73N7O17. The van der Waals surface area contributed by atoms with Gasteiger partial charge in [-0.15, -0.1) is 0 Å². The minimum atomic E-state index is -1.30. The Kier molecular flexibility index (Phi) is 20.9. The summed E-state index contributed by atoms with van der Waals surface area (Å²) in [5.74, 6) is -1.45. The number of carbonyl (C=O) groups is 7. The van der Waals surface area contributed by atoms with Crippen LogP contribution >= 0.6 is 0 Å². The highest BCUT2D eigenvalue weighted by molar-refractivity contribution is 6.06. The lowest BCUT2D eigenvalue weighted by atomic mass is 10.0. The lowest BCUT2D eigenvalue weighted by molar-refractivity contribution is -0.195. The highest BCUT2D eigenvalue weighted by Crippen LogP contribution is 2.43. The summed E-state index contributed by atoms with van der Waals surface area (Å²) in [4.78, 5) is 97.6. The van der Waals surface area contributed by atoms with Gasteiger partial charge in [-0.05, 0) is 105 Å². The van der Waals surface area contributed by atoms with E-state index in [1.54, 1.807) is 54.0 Å². The molecule has 3 saturated heterocycles. The molecule has 0 aromatic heterocycles. The molecule has 7 amide bonds. The molecule has 4 aromatic carbocycles. The van der Waals surface area contributed by atoms with E-state index in [1.165, 1.54) is 51.5 Å².